The lowest BCUT2D eigenvalue weighted by molar-refractivity contribution is -0.274. The number of hydrogen-bond donors (Lipinski definition) is 1. The average molecular weight is 388 g/mol. The molecule has 2 amide bonds. The fourth-order valence-corrected chi connectivity index (χ4v) is 2.84. The number of carboxylic acid groups (broad SMARTS) is 1. The van der Waals surface area contributed by atoms with Gasteiger partial charge in [0.1, 0.15) is 5.75 Å². The number of para-hydroxylation sites is 1. The van der Waals surface area contributed by atoms with Crippen LogP contribution in [0.4, 0.5) is 13.2 Å². The fraction of sp³-hybridized carbons (Fsp3) is 0.471. The summed E-state index contributed by atoms with van der Waals surface area (Å²) in [5.41, 5.74) is -0.327. The minimum atomic E-state index is -4.95. The molecular weight excluding hydrogens is 369 g/mol. The molecule has 1 N–H and O–H groups in total. The lowest BCUT2D eigenvalue weighted by atomic mass is 9.98. The highest BCUT2D eigenvalue weighted by Gasteiger charge is 2.34. The number of hydrogen-bond acceptors (Lipinski definition) is 4. The summed E-state index contributed by atoms with van der Waals surface area (Å²) in [7, 11) is 1.28. The van der Waals surface area contributed by atoms with Crippen molar-refractivity contribution >= 4 is 17.8 Å². The molecule has 0 spiro atoms. The van der Waals surface area contributed by atoms with Crippen molar-refractivity contribution < 1.29 is 37.4 Å². The highest BCUT2D eigenvalue weighted by atomic mass is 19.4. The van der Waals surface area contributed by atoms with Gasteiger partial charge in [0.2, 0.25) is 5.91 Å². The number of likely N-dealkylation sites (tertiary alicyclic amines) is 1. The predicted octanol–water partition coefficient (Wildman–Crippen LogP) is 1.98. The molecule has 1 aromatic rings. The number of nitrogens with zero attached hydrogens (tertiary/aromatic N) is 2. The van der Waals surface area contributed by atoms with Crippen LogP contribution in [0, 0.1) is 5.92 Å². The second-order valence-electron chi connectivity index (χ2n) is 6.22. The zero-order valence-electron chi connectivity index (χ0n) is 14.5. The maximum absolute atomic E-state index is 12.5. The highest BCUT2D eigenvalue weighted by molar-refractivity contribution is 5.98. The summed E-state index contributed by atoms with van der Waals surface area (Å²) in [4.78, 5) is 38.2. The normalized spacial score (nSPS) is 17.3. The van der Waals surface area contributed by atoms with E-state index in [-0.39, 0.29) is 18.7 Å². The lowest BCUT2D eigenvalue weighted by Gasteiger charge is -2.32. The van der Waals surface area contributed by atoms with E-state index in [4.69, 9.17) is 5.11 Å². The van der Waals surface area contributed by atoms with Gasteiger partial charge in [-0.25, -0.2) is 0 Å². The van der Waals surface area contributed by atoms with E-state index in [0.29, 0.717) is 19.4 Å². The molecule has 10 heteroatoms. The van der Waals surface area contributed by atoms with Crippen LogP contribution < -0.4 is 4.74 Å². The molecule has 1 fully saturated rings. The molecule has 1 unspecified atom stereocenters. The molecule has 148 valence electrons. The van der Waals surface area contributed by atoms with Crippen LogP contribution in [0.15, 0.2) is 24.3 Å². The maximum Gasteiger partial charge on any atom is 0.573 e. The SMILES string of the molecule is CN(CC(=O)N1CCCC(C(=O)O)C1)C(=O)c1ccccc1OC(F)(F)F. The molecular formula is C17H19F3N2O5. The van der Waals surface area contributed by atoms with Crippen LogP contribution in [-0.4, -0.2) is 65.7 Å². The van der Waals surface area contributed by atoms with Crippen molar-refractivity contribution in [2.75, 3.05) is 26.7 Å². The van der Waals surface area contributed by atoms with Crippen molar-refractivity contribution in [2.24, 2.45) is 5.92 Å². The number of carbonyl (C=O) groups excluding carboxylic acids is 2. The molecule has 1 aliphatic rings. The van der Waals surface area contributed by atoms with Gasteiger partial charge in [-0.15, -0.1) is 13.2 Å². The Balaban J connectivity index is 2.05. The number of piperidine rings is 1. The Hall–Kier alpha value is -2.78. The van der Waals surface area contributed by atoms with E-state index in [0.717, 1.165) is 11.0 Å². The summed E-state index contributed by atoms with van der Waals surface area (Å²) in [6, 6.07) is 4.86. The molecule has 0 saturated carbocycles. The monoisotopic (exact) mass is 388 g/mol. The van der Waals surface area contributed by atoms with Crippen molar-refractivity contribution in [3.8, 4) is 5.75 Å². The first-order valence-corrected chi connectivity index (χ1v) is 8.19. The largest absolute Gasteiger partial charge is 0.573 e. The Morgan fingerprint density at radius 2 is 1.96 bits per heavy atom. The summed E-state index contributed by atoms with van der Waals surface area (Å²) in [5.74, 6) is -3.58. The number of aliphatic carboxylic acids is 1. The molecule has 1 saturated heterocycles. The Bertz CT molecular complexity index is 723. The van der Waals surface area contributed by atoms with Crippen molar-refractivity contribution in [2.45, 2.75) is 19.2 Å². The number of benzene rings is 1. The number of likely N-dealkylation sites (N-methyl/N-ethyl adjacent to an activating group) is 1. The molecule has 1 atom stereocenters. The van der Waals surface area contributed by atoms with Crippen LogP contribution in [0.3, 0.4) is 0 Å². The van der Waals surface area contributed by atoms with Gasteiger partial charge in [0.05, 0.1) is 18.0 Å². The van der Waals surface area contributed by atoms with Crippen LogP contribution in [0.1, 0.15) is 23.2 Å². The Labute approximate surface area is 153 Å². The summed E-state index contributed by atoms with van der Waals surface area (Å²) in [6.45, 7) is 0.0356. The Morgan fingerprint density at radius 3 is 2.59 bits per heavy atom. The summed E-state index contributed by atoms with van der Waals surface area (Å²) in [5, 5.41) is 9.07. The topological polar surface area (TPSA) is 87.2 Å². The molecule has 7 nitrogen and oxygen atoms in total. The van der Waals surface area contributed by atoms with Crippen molar-refractivity contribution in [1.29, 1.82) is 0 Å². The Morgan fingerprint density at radius 1 is 1.30 bits per heavy atom. The zero-order valence-corrected chi connectivity index (χ0v) is 14.5. The van der Waals surface area contributed by atoms with E-state index in [9.17, 15) is 27.6 Å². The smallest absolute Gasteiger partial charge is 0.481 e. The van der Waals surface area contributed by atoms with Crippen LogP contribution in [-0.2, 0) is 9.59 Å². The van der Waals surface area contributed by atoms with Gasteiger partial charge < -0.3 is 19.6 Å². The number of amides is 2. The molecule has 0 aliphatic carbocycles. The van der Waals surface area contributed by atoms with Gasteiger partial charge in [-0.2, -0.15) is 0 Å². The molecule has 1 aliphatic heterocycles. The molecule has 0 aromatic heterocycles. The van der Waals surface area contributed by atoms with E-state index >= 15 is 0 Å². The second-order valence-corrected chi connectivity index (χ2v) is 6.22. The number of halogens is 3. The van der Waals surface area contributed by atoms with E-state index in [1.54, 1.807) is 0 Å². The van der Waals surface area contributed by atoms with E-state index < -0.39 is 35.8 Å². The van der Waals surface area contributed by atoms with E-state index in [1.807, 2.05) is 0 Å². The van der Waals surface area contributed by atoms with Crippen LogP contribution >= 0.6 is 0 Å². The minimum absolute atomic E-state index is 0.0456. The predicted molar refractivity (Wildman–Crippen MR) is 87.0 cm³/mol. The first-order chi connectivity index (χ1) is 12.6. The van der Waals surface area contributed by atoms with Gasteiger partial charge in [-0.1, -0.05) is 12.1 Å². The number of alkyl halides is 3. The van der Waals surface area contributed by atoms with E-state index in [2.05, 4.69) is 4.74 Å². The first-order valence-electron chi connectivity index (χ1n) is 8.19. The first kappa shape index (κ1) is 20.5. The van der Waals surface area contributed by atoms with Gasteiger partial charge in [-0.05, 0) is 25.0 Å². The molecule has 1 aromatic carbocycles. The van der Waals surface area contributed by atoms with Crippen molar-refractivity contribution in [3.05, 3.63) is 29.8 Å². The number of ether oxygens (including phenoxy) is 1. The Kier molecular flexibility index (Phi) is 6.29. The zero-order chi connectivity index (χ0) is 20.2. The highest BCUT2D eigenvalue weighted by Crippen LogP contribution is 2.27. The third-order valence-corrected chi connectivity index (χ3v) is 4.19. The molecule has 0 bridgehead atoms. The number of carbonyl (C=O) groups is 3. The maximum atomic E-state index is 12.5. The lowest BCUT2D eigenvalue weighted by Crippen LogP contribution is -2.47. The molecule has 27 heavy (non-hydrogen) atoms. The van der Waals surface area contributed by atoms with Gasteiger partial charge in [-0.3, -0.25) is 14.4 Å². The van der Waals surface area contributed by atoms with Crippen LogP contribution in [0.2, 0.25) is 0 Å². The summed E-state index contributed by atoms with van der Waals surface area (Å²) < 4.78 is 41.3. The third-order valence-electron chi connectivity index (χ3n) is 4.19. The van der Waals surface area contributed by atoms with Crippen molar-refractivity contribution in [1.82, 2.24) is 9.80 Å². The summed E-state index contributed by atoms with van der Waals surface area (Å²) >= 11 is 0. The van der Waals surface area contributed by atoms with Gasteiger partial charge >= 0.3 is 12.3 Å². The molecule has 2 rings (SSSR count). The number of rotatable bonds is 5. The van der Waals surface area contributed by atoms with Crippen LogP contribution in [0.25, 0.3) is 0 Å². The van der Waals surface area contributed by atoms with Gasteiger partial charge in [0, 0.05) is 20.1 Å². The standard InChI is InChI=1S/C17H19F3N2O5/c1-21(10-14(23)22-8-4-5-11(9-22)16(25)26)15(24)12-6-2-3-7-13(12)27-17(18,19)20/h2-3,6-7,11H,4-5,8-10H2,1H3,(H,25,26). The fourth-order valence-electron chi connectivity index (χ4n) is 2.84. The summed E-state index contributed by atoms with van der Waals surface area (Å²) in [6.07, 6.45) is -3.96. The van der Waals surface area contributed by atoms with E-state index in [1.165, 1.54) is 30.1 Å². The minimum Gasteiger partial charge on any atom is -0.481 e. The van der Waals surface area contributed by atoms with Crippen molar-refractivity contribution in [3.63, 3.8) is 0 Å². The molecule has 1 heterocycles. The number of carboxylic acids is 1. The van der Waals surface area contributed by atoms with Gasteiger partial charge in [0.15, 0.2) is 0 Å². The molecule has 0 radical (unpaired) electrons. The average Bonchev–Trinajstić information content (AvgIpc) is 2.60. The quantitative estimate of drug-likeness (QED) is 0.834. The van der Waals surface area contributed by atoms with Gasteiger partial charge in [0.25, 0.3) is 5.91 Å². The second kappa shape index (κ2) is 8.28. The third kappa shape index (κ3) is 5.60. The van der Waals surface area contributed by atoms with Crippen LogP contribution in [0.5, 0.6) is 5.75 Å².